The zero-order chi connectivity index (χ0) is 21.6. The number of alkyl halides is 3. The number of carboxylic acids is 1. The first-order valence-electron chi connectivity index (χ1n) is 8.72. The summed E-state index contributed by atoms with van der Waals surface area (Å²) in [6.45, 7) is 0.0101. The van der Waals surface area contributed by atoms with E-state index in [0.29, 0.717) is 17.1 Å². The van der Waals surface area contributed by atoms with Crippen LogP contribution >= 0.6 is 0 Å². The topological polar surface area (TPSA) is 55.8 Å². The summed E-state index contributed by atoms with van der Waals surface area (Å²) in [5, 5.41) is 9.21. The molecule has 30 heavy (non-hydrogen) atoms. The van der Waals surface area contributed by atoms with Crippen molar-refractivity contribution in [1.29, 1.82) is 0 Å². The molecule has 0 heterocycles. The summed E-state index contributed by atoms with van der Waals surface area (Å²) in [6.07, 6.45) is -4.38. The number of aromatic carboxylic acids is 1. The minimum atomic E-state index is -4.38. The van der Waals surface area contributed by atoms with Crippen molar-refractivity contribution in [2.45, 2.75) is 6.18 Å². The molecule has 0 amide bonds. The van der Waals surface area contributed by atoms with Gasteiger partial charge in [0.2, 0.25) is 0 Å². The van der Waals surface area contributed by atoms with Gasteiger partial charge in [-0.25, -0.2) is 4.79 Å². The number of para-hydroxylation sites is 1. The summed E-state index contributed by atoms with van der Waals surface area (Å²) in [5.74, 6) is 5.39. The zero-order valence-corrected chi connectivity index (χ0v) is 15.4. The van der Waals surface area contributed by atoms with Gasteiger partial charge < -0.3 is 14.6 Å². The quantitative estimate of drug-likeness (QED) is 0.552. The van der Waals surface area contributed by atoms with Crippen LogP contribution in [-0.4, -0.2) is 17.7 Å². The molecule has 1 N–H and O–H groups in total. The SMILES string of the molecule is O=C(O)c1ccccc1Oc1cccc(OCC#Cc2ccc(C(F)(F)F)cc2)c1. The first-order chi connectivity index (χ1) is 14.3. The molecule has 4 nitrogen and oxygen atoms in total. The summed E-state index contributed by atoms with van der Waals surface area (Å²) in [7, 11) is 0. The van der Waals surface area contributed by atoms with Crippen molar-refractivity contribution in [2.75, 3.05) is 6.61 Å². The molecule has 7 heteroatoms. The number of ether oxygens (including phenoxy) is 2. The predicted octanol–water partition coefficient (Wildman–Crippen LogP) is 5.63. The van der Waals surface area contributed by atoms with E-state index in [1.54, 1.807) is 42.5 Å². The van der Waals surface area contributed by atoms with Crippen LogP contribution in [-0.2, 0) is 6.18 Å². The number of halogens is 3. The average molecular weight is 412 g/mol. The smallest absolute Gasteiger partial charge is 0.416 e. The highest BCUT2D eigenvalue weighted by Crippen LogP contribution is 2.29. The maximum absolute atomic E-state index is 12.6. The van der Waals surface area contributed by atoms with E-state index in [1.165, 1.54) is 18.2 Å². The van der Waals surface area contributed by atoms with Crippen LogP contribution < -0.4 is 9.47 Å². The fourth-order valence-electron chi connectivity index (χ4n) is 2.49. The Morgan fingerprint density at radius 1 is 0.933 bits per heavy atom. The maximum atomic E-state index is 12.6. The molecular formula is C23H15F3O4. The molecule has 3 aromatic rings. The third kappa shape index (κ3) is 5.55. The highest BCUT2D eigenvalue weighted by Gasteiger charge is 2.29. The molecule has 0 aliphatic rings. The van der Waals surface area contributed by atoms with E-state index in [-0.39, 0.29) is 17.9 Å². The lowest BCUT2D eigenvalue weighted by Crippen LogP contribution is -2.04. The van der Waals surface area contributed by atoms with Crippen LogP contribution in [0.4, 0.5) is 13.2 Å². The standard InChI is InChI=1S/C23H15F3O4/c24-23(25,26)17-12-10-16(11-13-17)5-4-14-29-18-6-3-7-19(15-18)30-21-9-2-1-8-20(21)22(27)28/h1-3,6-13,15H,14H2,(H,27,28). The molecule has 0 aliphatic heterocycles. The van der Waals surface area contributed by atoms with Gasteiger partial charge in [-0.15, -0.1) is 0 Å². The summed E-state index contributed by atoms with van der Waals surface area (Å²) >= 11 is 0. The Bertz CT molecular complexity index is 1090. The zero-order valence-electron chi connectivity index (χ0n) is 15.4. The Labute approximate surface area is 170 Å². The van der Waals surface area contributed by atoms with Crippen molar-refractivity contribution in [3.05, 3.63) is 89.5 Å². The molecule has 0 fully saturated rings. The molecule has 0 spiro atoms. The lowest BCUT2D eigenvalue weighted by Gasteiger charge is -2.10. The first-order valence-corrected chi connectivity index (χ1v) is 8.72. The van der Waals surface area contributed by atoms with Gasteiger partial charge in [-0.3, -0.25) is 0 Å². The number of carboxylic acid groups (broad SMARTS) is 1. The summed E-state index contributed by atoms with van der Waals surface area (Å²) in [5.41, 5.74) is -0.259. The second-order valence-electron chi connectivity index (χ2n) is 6.04. The van der Waals surface area contributed by atoms with Crippen molar-refractivity contribution in [3.63, 3.8) is 0 Å². The second-order valence-corrected chi connectivity index (χ2v) is 6.04. The molecule has 152 valence electrons. The van der Waals surface area contributed by atoms with Gasteiger partial charge in [-0.1, -0.05) is 30.0 Å². The van der Waals surface area contributed by atoms with Crippen molar-refractivity contribution in [2.24, 2.45) is 0 Å². The lowest BCUT2D eigenvalue weighted by molar-refractivity contribution is -0.137. The first kappa shape index (κ1) is 20.8. The molecule has 0 unspecified atom stereocenters. The molecule has 0 saturated carbocycles. The molecule has 0 aromatic heterocycles. The van der Waals surface area contributed by atoms with Crippen molar-refractivity contribution in [1.82, 2.24) is 0 Å². The number of benzene rings is 3. The Morgan fingerprint density at radius 3 is 2.33 bits per heavy atom. The van der Waals surface area contributed by atoms with Gasteiger partial charge in [0.25, 0.3) is 0 Å². The molecule has 3 rings (SSSR count). The fraction of sp³-hybridized carbons (Fsp3) is 0.0870. The number of carbonyl (C=O) groups is 1. The van der Waals surface area contributed by atoms with E-state index in [0.717, 1.165) is 12.1 Å². The van der Waals surface area contributed by atoms with Gasteiger partial charge in [0.1, 0.15) is 29.4 Å². The molecule has 0 saturated heterocycles. The van der Waals surface area contributed by atoms with Gasteiger partial charge in [-0.05, 0) is 48.5 Å². The third-order valence-electron chi connectivity index (χ3n) is 3.91. The Kier molecular flexibility index (Phi) is 6.28. The summed E-state index contributed by atoms with van der Waals surface area (Å²) in [6, 6.07) is 17.4. The molecule has 3 aromatic carbocycles. The summed E-state index contributed by atoms with van der Waals surface area (Å²) < 4.78 is 48.8. The maximum Gasteiger partial charge on any atom is 0.416 e. The van der Waals surface area contributed by atoms with E-state index >= 15 is 0 Å². The normalized spacial score (nSPS) is 10.6. The Hall–Kier alpha value is -3.92. The van der Waals surface area contributed by atoms with Crippen LogP contribution in [0.1, 0.15) is 21.5 Å². The minimum Gasteiger partial charge on any atom is -0.481 e. The van der Waals surface area contributed by atoms with Crippen LogP contribution in [0.3, 0.4) is 0 Å². The van der Waals surface area contributed by atoms with Crippen LogP contribution in [0.5, 0.6) is 17.2 Å². The van der Waals surface area contributed by atoms with Crippen LogP contribution in [0, 0.1) is 11.8 Å². The molecule has 0 bridgehead atoms. The lowest BCUT2D eigenvalue weighted by atomic mass is 10.1. The van der Waals surface area contributed by atoms with Gasteiger partial charge >= 0.3 is 12.1 Å². The van der Waals surface area contributed by atoms with E-state index in [2.05, 4.69) is 11.8 Å². The molecule has 0 aliphatic carbocycles. The number of rotatable bonds is 5. The van der Waals surface area contributed by atoms with E-state index in [4.69, 9.17) is 9.47 Å². The highest BCUT2D eigenvalue weighted by atomic mass is 19.4. The molecule has 0 radical (unpaired) electrons. The minimum absolute atomic E-state index is 0.0101. The van der Waals surface area contributed by atoms with Crippen LogP contribution in [0.15, 0.2) is 72.8 Å². The van der Waals surface area contributed by atoms with Crippen molar-refractivity contribution >= 4 is 5.97 Å². The molecule has 0 atom stereocenters. The Morgan fingerprint density at radius 2 is 1.63 bits per heavy atom. The van der Waals surface area contributed by atoms with Gasteiger partial charge in [0.05, 0.1) is 5.56 Å². The van der Waals surface area contributed by atoms with Gasteiger partial charge in [0.15, 0.2) is 0 Å². The summed E-state index contributed by atoms with van der Waals surface area (Å²) in [4.78, 5) is 11.3. The van der Waals surface area contributed by atoms with E-state index in [9.17, 15) is 23.1 Å². The second kappa shape index (κ2) is 9.05. The predicted molar refractivity (Wildman–Crippen MR) is 104 cm³/mol. The van der Waals surface area contributed by atoms with Crippen LogP contribution in [0.2, 0.25) is 0 Å². The van der Waals surface area contributed by atoms with Crippen LogP contribution in [0.25, 0.3) is 0 Å². The van der Waals surface area contributed by atoms with Gasteiger partial charge in [-0.2, -0.15) is 13.2 Å². The number of hydrogen-bond acceptors (Lipinski definition) is 3. The highest BCUT2D eigenvalue weighted by molar-refractivity contribution is 5.90. The molecular weight excluding hydrogens is 397 g/mol. The van der Waals surface area contributed by atoms with E-state index in [1.807, 2.05) is 0 Å². The van der Waals surface area contributed by atoms with Gasteiger partial charge in [0, 0.05) is 11.6 Å². The van der Waals surface area contributed by atoms with E-state index < -0.39 is 17.7 Å². The largest absolute Gasteiger partial charge is 0.481 e. The third-order valence-corrected chi connectivity index (χ3v) is 3.91. The number of hydrogen-bond donors (Lipinski definition) is 1. The van der Waals surface area contributed by atoms with Crippen molar-refractivity contribution in [3.8, 4) is 29.1 Å². The average Bonchev–Trinajstić information content (AvgIpc) is 2.71. The fourth-order valence-corrected chi connectivity index (χ4v) is 2.49. The van der Waals surface area contributed by atoms with Crippen molar-refractivity contribution < 1.29 is 32.5 Å². The monoisotopic (exact) mass is 412 g/mol. The Balaban J connectivity index is 1.62.